The van der Waals surface area contributed by atoms with Gasteiger partial charge in [-0.2, -0.15) is 0 Å². The molecule has 2 fully saturated rings. The molecule has 2 aromatic carbocycles. The van der Waals surface area contributed by atoms with E-state index in [4.69, 9.17) is 44.9 Å². The van der Waals surface area contributed by atoms with E-state index in [0.29, 0.717) is 32.4 Å². The number of hydrogen-bond acceptors (Lipinski definition) is 4. The topological polar surface area (TPSA) is 50.8 Å². The molecule has 0 aromatic heterocycles. The Morgan fingerprint density at radius 1 is 1.16 bits per heavy atom. The predicted octanol–water partition coefficient (Wildman–Crippen LogP) is 5.97. The summed E-state index contributed by atoms with van der Waals surface area (Å²) in [6.07, 6.45) is 7.29. The first-order chi connectivity index (χ1) is 15.5. The Morgan fingerprint density at radius 2 is 1.94 bits per heavy atom. The Bertz CT molecular complexity index is 1070. The molecule has 168 valence electrons. The van der Waals surface area contributed by atoms with Crippen molar-refractivity contribution in [1.82, 2.24) is 10.2 Å². The van der Waals surface area contributed by atoms with Crippen molar-refractivity contribution < 1.29 is 14.3 Å². The van der Waals surface area contributed by atoms with E-state index in [1.807, 2.05) is 24.3 Å². The van der Waals surface area contributed by atoms with Crippen LogP contribution < -0.4 is 14.8 Å². The van der Waals surface area contributed by atoms with Crippen LogP contribution in [0.5, 0.6) is 11.5 Å². The highest BCUT2D eigenvalue weighted by Gasteiger charge is 2.36. The maximum absolute atomic E-state index is 13.0. The number of rotatable bonds is 6. The summed E-state index contributed by atoms with van der Waals surface area (Å²) in [6, 6.07) is 11.1. The van der Waals surface area contributed by atoms with E-state index in [0.717, 1.165) is 36.8 Å². The minimum Gasteiger partial charge on any atom is -0.496 e. The van der Waals surface area contributed by atoms with Gasteiger partial charge in [-0.25, -0.2) is 0 Å². The number of thiocarbonyl (C=S) groups is 1. The number of hydrogen-bond donors (Lipinski definition) is 1. The van der Waals surface area contributed by atoms with Crippen LogP contribution in [0.2, 0.25) is 10.0 Å². The normalized spacial score (nSPS) is 18.2. The Balaban J connectivity index is 1.54. The van der Waals surface area contributed by atoms with Gasteiger partial charge < -0.3 is 14.8 Å². The Morgan fingerprint density at radius 3 is 2.69 bits per heavy atom. The van der Waals surface area contributed by atoms with Gasteiger partial charge in [-0.05, 0) is 61.0 Å². The third kappa shape index (κ3) is 4.87. The summed E-state index contributed by atoms with van der Waals surface area (Å²) in [4.78, 5) is 14.8. The number of ether oxygens (including phenoxy) is 2. The summed E-state index contributed by atoms with van der Waals surface area (Å²) in [5.41, 5.74) is 2.14. The van der Waals surface area contributed by atoms with Crippen LogP contribution in [0, 0.1) is 0 Å². The monoisotopic (exact) mass is 490 g/mol. The lowest BCUT2D eigenvalue weighted by Gasteiger charge is -2.29. The van der Waals surface area contributed by atoms with Crippen LogP contribution in [0.3, 0.4) is 0 Å². The van der Waals surface area contributed by atoms with Crippen molar-refractivity contribution in [2.75, 3.05) is 7.11 Å². The number of amides is 1. The van der Waals surface area contributed by atoms with Gasteiger partial charge in [0, 0.05) is 11.6 Å². The largest absolute Gasteiger partial charge is 0.496 e. The number of carbonyl (C=O) groups excluding carboxylic acids is 1. The summed E-state index contributed by atoms with van der Waals surface area (Å²) in [5, 5.41) is 4.37. The molecule has 0 spiro atoms. The van der Waals surface area contributed by atoms with E-state index >= 15 is 0 Å². The summed E-state index contributed by atoms with van der Waals surface area (Å²) in [6.45, 7) is 0.230. The summed E-state index contributed by atoms with van der Waals surface area (Å²) in [7, 11) is 1.60. The number of methoxy groups -OCH3 is 1. The van der Waals surface area contributed by atoms with Gasteiger partial charge in [0.1, 0.15) is 28.8 Å². The zero-order valence-electron chi connectivity index (χ0n) is 17.7. The van der Waals surface area contributed by atoms with Gasteiger partial charge >= 0.3 is 0 Å². The maximum atomic E-state index is 13.0. The fraction of sp³-hybridized carbons (Fsp3) is 0.333. The number of carbonyl (C=O) groups is 1. The van der Waals surface area contributed by atoms with E-state index < -0.39 is 0 Å². The molecule has 8 heteroatoms. The van der Waals surface area contributed by atoms with Gasteiger partial charge in [-0.3, -0.25) is 9.69 Å². The molecule has 32 heavy (non-hydrogen) atoms. The highest BCUT2D eigenvalue weighted by Crippen LogP contribution is 2.33. The second-order valence-electron chi connectivity index (χ2n) is 7.87. The molecule has 1 saturated heterocycles. The molecule has 1 amide bonds. The molecule has 1 saturated carbocycles. The van der Waals surface area contributed by atoms with Gasteiger partial charge in [-0.15, -0.1) is 0 Å². The second-order valence-corrected chi connectivity index (χ2v) is 9.04. The van der Waals surface area contributed by atoms with Crippen LogP contribution >= 0.6 is 35.4 Å². The molecule has 0 radical (unpaired) electrons. The van der Waals surface area contributed by atoms with Crippen molar-refractivity contribution in [1.29, 1.82) is 0 Å². The minimum absolute atomic E-state index is 0.0683. The molecule has 0 bridgehead atoms. The first-order valence-electron chi connectivity index (χ1n) is 10.6. The molecule has 1 heterocycles. The molecule has 1 aliphatic heterocycles. The van der Waals surface area contributed by atoms with Crippen LogP contribution in [-0.2, 0) is 11.4 Å². The average molecular weight is 491 g/mol. The van der Waals surface area contributed by atoms with Crippen molar-refractivity contribution in [3.8, 4) is 11.5 Å². The molecule has 2 aliphatic rings. The van der Waals surface area contributed by atoms with Crippen LogP contribution in [0.15, 0.2) is 42.1 Å². The smallest absolute Gasteiger partial charge is 0.276 e. The Labute approximate surface area is 203 Å². The summed E-state index contributed by atoms with van der Waals surface area (Å²) in [5.74, 6) is 1.10. The lowest BCUT2D eigenvalue weighted by Crippen LogP contribution is -2.41. The van der Waals surface area contributed by atoms with Crippen molar-refractivity contribution in [3.05, 3.63) is 63.3 Å². The van der Waals surface area contributed by atoms with Gasteiger partial charge in [-0.1, -0.05) is 54.6 Å². The van der Waals surface area contributed by atoms with Crippen LogP contribution in [0.4, 0.5) is 0 Å². The molecular formula is C24H24Cl2N2O3S. The van der Waals surface area contributed by atoms with Crippen molar-refractivity contribution in [2.24, 2.45) is 0 Å². The number of benzene rings is 2. The Kier molecular flexibility index (Phi) is 7.23. The van der Waals surface area contributed by atoms with Gasteiger partial charge in [0.05, 0.1) is 12.1 Å². The lowest BCUT2D eigenvalue weighted by molar-refractivity contribution is -0.124. The second kappa shape index (κ2) is 10.1. The molecule has 4 rings (SSSR count). The third-order valence-electron chi connectivity index (χ3n) is 5.76. The lowest BCUT2D eigenvalue weighted by atomic mass is 9.94. The first-order valence-corrected chi connectivity index (χ1v) is 11.7. The van der Waals surface area contributed by atoms with E-state index in [2.05, 4.69) is 5.32 Å². The van der Waals surface area contributed by atoms with Gasteiger partial charge in [0.25, 0.3) is 5.91 Å². The van der Waals surface area contributed by atoms with Crippen molar-refractivity contribution in [3.63, 3.8) is 0 Å². The standard InChI is InChI=1S/C24H24Cl2N2O3S/c1-30-20-11-10-15(12-16(20)14-31-21-9-5-8-18(25)22(21)26)13-19-23(29)28(24(32)27-19)17-6-3-2-4-7-17/h5,8-13,17H,2-4,6-7,14H2,1H3,(H,27,32)/b19-13+. The molecular weight excluding hydrogens is 467 g/mol. The van der Waals surface area contributed by atoms with Crippen LogP contribution in [-0.4, -0.2) is 29.1 Å². The minimum atomic E-state index is -0.0683. The molecule has 0 unspecified atom stereocenters. The molecule has 2 aromatic rings. The number of nitrogens with one attached hydrogen (secondary N) is 1. The van der Waals surface area contributed by atoms with Crippen LogP contribution in [0.25, 0.3) is 6.08 Å². The molecule has 1 N–H and O–H groups in total. The first kappa shape index (κ1) is 22.9. The van der Waals surface area contributed by atoms with Crippen molar-refractivity contribution >= 4 is 52.5 Å². The highest BCUT2D eigenvalue weighted by atomic mass is 35.5. The number of halogens is 2. The van der Waals surface area contributed by atoms with E-state index in [1.165, 1.54) is 6.42 Å². The zero-order valence-corrected chi connectivity index (χ0v) is 20.0. The zero-order chi connectivity index (χ0) is 22.7. The van der Waals surface area contributed by atoms with Crippen LogP contribution in [0.1, 0.15) is 43.2 Å². The molecule has 1 aliphatic carbocycles. The van der Waals surface area contributed by atoms with E-state index in [-0.39, 0.29) is 18.6 Å². The van der Waals surface area contributed by atoms with Gasteiger partial charge in [0.15, 0.2) is 5.11 Å². The fourth-order valence-corrected chi connectivity index (χ4v) is 4.83. The fourth-order valence-electron chi connectivity index (χ4n) is 4.14. The SMILES string of the molecule is COc1ccc(/C=C2/NC(=S)N(C3CCCCC3)C2=O)cc1COc1cccc(Cl)c1Cl. The predicted molar refractivity (Wildman–Crippen MR) is 131 cm³/mol. The summed E-state index contributed by atoms with van der Waals surface area (Å²) < 4.78 is 11.4. The van der Waals surface area contributed by atoms with Gasteiger partial charge in [0.2, 0.25) is 0 Å². The third-order valence-corrected chi connectivity index (χ3v) is 6.86. The maximum Gasteiger partial charge on any atom is 0.276 e. The van der Waals surface area contributed by atoms with Crippen molar-refractivity contribution in [2.45, 2.75) is 44.8 Å². The molecule has 5 nitrogen and oxygen atoms in total. The quantitative estimate of drug-likeness (QED) is 0.399. The number of nitrogens with zero attached hydrogens (tertiary/aromatic N) is 1. The highest BCUT2D eigenvalue weighted by molar-refractivity contribution is 7.80. The average Bonchev–Trinajstić information content (AvgIpc) is 3.08. The van der Waals surface area contributed by atoms with E-state index in [9.17, 15) is 4.79 Å². The van der Waals surface area contributed by atoms with E-state index in [1.54, 1.807) is 30.2 Å². The Hall–Kier alpha value is -2.28. The molecule has 0 atom stereocenters. The summed E-state index contributed by atoms with van der Waals surface area (Å²) >= 11 is 17.8.